The maximum Gasteiger partial charge on any atom is 0.334 e. The van der Waals surface area contributed by atoms with Crippen molar-refractivity contribution in [3.63, 3.8) is 0 Å². The summed E-state index contributed by atoms with van der Waals surface area (Å²) in [7, 11) is -2.31. The first-order chi connectivity index (χ1) is 12.6. The number of rotatable bonds is 9. The largest absolute Gasteiger partial charge is 0.508 e. The van der Waals surface area contributed by atoms with Crippen LogP contribution in [0.3, 0.4) is 0 Å². The maximum absolute atomic E-state index is 12.7. The molecule has 0 aliphatic carbocycles. The quantitative estimate of drug-likeness (QED) is 0.364. The molecule has 0 aliphatic heterocycles. The van der Waals surface area contributed by atoms with Gasteiger partial charge >= 0.3 is 7.60 Å². The van der Waals surface area contributed by atoms with Crippen molar-refractivity contribution < 1.29 is 23.1 Å². The highest BCUT2D eigenvalue weighted by Crippen LogP contribution is 2.52. The summed E-state index contributed by atoms with van der Waals surface area (Å²) in [4.78, 5) is 0. The third kappa shape index (κ3) is 6.17. The molecule has 0 aliphatic rings. The first-order valence-electron chi connectivity index (χ1n) is 9.76. The van der Waals surface area contributed by atoms with Gasteiger partial charge < -0.3 is 18.6 Å². The molecule has 0 saturated heterocycles. The zero-order chi connectivity index (χ0) is 22.0. The second-order valence-corrected chi connectivity index (χ2v) is 16.8. The molecule has 0 amide bonds. The normalized spacial score (nSPS) is 13.8. The van der Waals surface area contributed by atoms with Gasteiger partial charge in [-0.2, -0.15) is 0 Å². The summed E-state index contributed by atoms with van der Waals surface area (Å²) in [5.41, 5.74) is 2.12. The molecule has 5 nitrogen and oxygen atoms in total. The predicted octanol–water partition coefficient (Wildman–Crippen LogP) is 6.38. The van der Waals surface area contributed by atoms with Crippen molar-refractivity contribution in [2.24, 2.45) is 0 Å². The van der Waals surface area contributed by atoms with Crippen LogP contribution in [0.4, 0.5) is 0 Å². The fraction of sp³-hybridized carbons (Fsp3) is 0.714. The van der Waals surface area contributed by atoms with E-state index in [0.717, 1.165) is 23.1 Å². The number of phenolic OH excluding ortho intramolecular Hbond substituents is 1. The maximum atomic E-state index is 12.7. The second kappa shape index (κ2) is 9.01. The van der Waals surface area contributed by atoms with E-state index in [1.54, 1.807) is 6.07 Å². The Labute approximate surface area is 172 Å². The highest BCUT2D eigenvalue weighted by Gasteiger charge is 2.38. The van der Waals surface area contributed by atoms with E-state index in [4.69, 9.17) is 13.5 Å². The average Bonchev–Trinajstić information content (AvgIpc) is 2.52. The molecule has 1 aromatic carbocycles. The van der Waals surface area contributed by atoms with E-state index in [1.165, 1.54) is 14.2 Å². The van der Waals surface area contributed by atoms with Gasteiger partial charge in [-0.25, -0.2) is 0 Å². The van der Waals surface area contributed by atoms with Gasteiger partial charge in [0.15, 0.2) is 8.32 Å². The standard InChI is InChI=1S/C21H39O5PSi/c1-16-13-17(15-27(23,24-7)25-8)19(18(22)14-16)21(5,6)11-12-26-28(9,10)20(2,3)4/h13-14,22H,11-12,15H2,1-10H3. The minimum Gasteiger partial charge on any atom is -0.508 e. The van der Waals surface area contributed by atoms with Crippen molar-refractivity contribution >= 4 is 15.9 Å². The third-order valence-corrected chi connectivity index (χ3v) is 12.3. The average molecular weight is 431 g/mol. The molecule has 162 valence electrons. The minimum atomic E-state index is -3.25. The van der Waals surface area contributed by atoms with Crippen molar-refractivity contribution in [1.82, 2.24) is 0 Å². The van der Waals surface area contributed by atoms with Gasteiger partial charge in [0, 0.05) is 26.4 Å². The molecule has 0 fully saturated rings. The first kappa shape index (κ1) is 25.4. The van der Waals surface area contributed by atoms with Crippen LogP contribution in [-0.2, 0) is 29.6 Å². The van der Waals surface area contributed by atoms with E-state index < -0.39 is 15.9 Å². The zero-order valence-corrected chi connectivity index (χ0v) is 21.2. The number of hydrogen-bond donors (Lipinski definition) is 1. The van der Waals surface area contributed by atoms with Crippen LogP contribution in [0.1, 0.15) is 57.7 Å². The lowest BCUT2D eigenvalue weighted by molar-refractivity contribution is 0.248. The fourth-order valence-electron chi connectivity index (χ4n) is 3.06. The van der Waals surface area contributed by atoms with E-state index >= 15 is 0 Å². The molecule has 0 bridgehead atoms. The number of aromatic hydroxyl groups is 1. The van der Waals surface area contributed by atoms with Crippen LogP contribution in [0.2, 0.25) is 18.1 Å². The molecule has 1 rings (SSSR count). The smallest absolute Gasteiger partial charge is 0.334 e. The number of aryl methyl sites for hydroxylation is 1. The van der Waals surface area contributed by atoms with Gasteiger partial charge in [0.2, 0.25) is 0 Å². The number of benzene rings is 1. The van der Waals surface area contributed by atoms with Gasteiger partial charge in [0.1, 0.15) is 5.75 Å². The molecular formula is C21H39O5PSi. The Kier molecular flexibility index (Phi) is 8.17. The molecular weight excluding hydrogens is 391 g/mol. The van der Waals surface area contributed by atoms with Crippen molar-refractivity contribution in [3.05, 3.63) is 28.8 Å². The predicted molar refractivity (Wildman–Crippen MR) is 119 cm³/mol. The van der Waals surface area contributed by atoms with Gasteiger partial charge in [-0.3, -0.25) is 4.57 Å². The highest BCUT2D eigenvalue weighted by atomic mass is 31.2. The van der Waals surface area contributed by atoms with Crippen molar-refractivity contribution in [1.29, 1.82) is 0 Å². The minimum absolute atomic E-state index is 0.122. The van der Waals surface area contributed by atoms with Gasteiger partial charge in [-0.1, -0.05) is 40.7 Å². The summed E-state index contributed by atoms with van der Waals surface area (Å²) in [6.07, 6.45) is 0.866. The molecule has 0 radical (unpaired) electrons. The van der Waals surface area contributed by atoms with Crippen molar-refractivity contribution in [3.8, 4) is 5.75 Å². The van der Waals surface area contributed by atoms with Crippen LogP contribution in [0.25, 0.3) is 0 Å². The van der Waals surface area contributed by atoms with Gasteiger partial charge in [0.05, 0.1) is 6.16 Å². The van der Waals surface area contributed by atoms with Crippen LogP contribution in [0.5, 0.6) is 5.75 Å². The second-order valence-electron chi connectivity index (χ2n) is 9.69. The van der Waals surface area contributed by atoms with Gasteiger partial charge in [-0.15, -0.1) is 0 Å². The Balaban J connectivity index is 3.18. The summed E-state index contributed by atoms with van der Waals surface area (Å²) in [6.45, 7) is 17.8. The van der Waals surface area contributed by atoms with E-state index in [1.807, 2.05) is 13.0 Å². The van der Waals surface area contributed by atoms with Gasteiger partial charge in [0.25, 0.3) is 0 Å². The lowest BCUT2D eigenvalue weighted by atomic mass is 9.78. The fourth-order valence-corrected chi connectivity index (χ4v) is 5.18. The zero-order valence-electron chi connectivity index (χ0n) is 19.3. The summed E-state index contributed by atoms with van der Waals surface area (Å²) in [5.74, 6) is 0.214. The van der Waals surface area contributed by atoms with Crippen molar-refractivity contribution in [2.45, 2.75) is 77.7 Å². The molecule has 1 aromatic rings. The summed E-state index contributed by atoms with van der Waals surface area (Å²) in [5, 5.41) is 10.9. The molecule has 7 heteroatoms. The molecule has 0 unspecified atom stereocenters. The Hall–Kier alpha value is -0.653. The summed E-state index contributed by atoms with van der Waals surface area (Å²) < 4.78 is 29.4. The molecule has 0 heterocycles. The topological polar surface area (TPSA) is 65.0 Å². The van der Waals surface area contributed by atoms with Crippen LogP contribution in [0, 0.1) is 6.92 Å². The molecule has 0 atom stereocenters. The van der Waals surface area contributed by atoms with E-state index in [9.17, 15) is 9.67 Å². The molecule has 0 aromatic heterocycles. The first-order valence-corrected chi connectivity index (χ1v) is 14.4. The molecule has 0 spiro atoms. The SMILES string of the molecule is COP(=O)(Cc1cc(C)cc(O)c1C(C)(C)CCO[Si](C)(C)C(C)(C)C)OC. The van der Waals surface area contributed by atoms with Gasteiger partial charge in [-0.05, 0) is 54.1 Å². The highest BCUT2D eigenvalue weighted by molar-refractivity contribution is 7.52. The van der Waals surface area contributed by atoms with Crippen LogP contribution in [0.15, 0.2) is 12.1 Å². The van der Waals surface area contributed by atoms with Crippen molar-refractivity contribution in [2.75, 3.05) is 20.8 Å². The molecule has 0 saturated carbocycles. The Morgan fingerprint density at radius 1 is 1.07 bits per heavy atom. The third-order valence-electron chi connectivity index (χ3n) is 5.94. The summed E-state index contributed by atoms with van der Waals surface area (Å²) in [6, 6.07) is 3.70. The number of phenols is 1. The monoisotopic (exact) mass is 430 g/mol. The summed E-state index contributed by atoms with van der Waals surface area (Å²) >= 11 is 0. The molecule has 28 heavy (non-hydrogen) atoms. The Morgan fingerprint density at radius 3 is 2.07 bits per heavy atom. The van der Waals surface area contributed by atoms with Crippen LogP contribution in [-0.4, -0.2) is 34.3 Å². The lowest BCUT2D eigenvalue weighted by Crippen LogP contribution is -2.41. The Bertz CT molecular complexity index is 714. The van der Waals surface area contributed by atoms with E-state index in [0.29, 0.717) is 6.61 Å². The number of hydrogen-bond acceptors (Lipinski definition) is 5. The Morgan fingerprint density at radius 2 is 1.61 bits per heavy atom. The molecule has 1 N–H and O–H groups in total. The lowest BCUT2D eigenvalue weighted by Gasteiger charge is -2.37. The van der Waals surface area contributed by atoms with Crippen LogP contribution >= 0.6 is 7.60 Å². The van der Waals surface area contributed by atoms with E-state index in [2.05, 4.69) is 47.7 Å². The van der Waals surface area contributed by atoms with Crippen LogP contribution < -0.4 is 0 Å². The van der Waals surface area contributed by atoms with E-state index in [-0.39, 0.29) is 22.4 Å².